The van der Waals surface area contributed by atoms with Gasteiger partial charge in [0.25, 0.3) is 0 Å². The van der Waals surface area contributed by atoms with Gasteiger partial charge in [0, 0.05) is 19.3 Å². The lowest BCUT2D eigenvalue weighted by atomic mass is 10.1. The smallest absolute Gasteiger partial charge is 0.234 e. The molecule has 0 radical (unpaired) electrons. The lowest BCUT2D eigenvalue weighted by Gasteiger charge is -2.22. The van der Waals surface area contributed by atoms with Crippen molar-refractivity contribution in [1.29, 1.82) is 0 Å². The SMILES string of the molecule is CCNC(CCN(C)c1ccc(C)cc1)C(N)=O. The second-order valence-electron chi connectivity index (χ2n) is 4.56. The Hall–Kier alpha value is -1.55. The maximum atomic E-state index is 11.2. The summed E-state index contributed by atoms with van der Waals surface area (Å²) in [5.41, 5.74) is 7.75. The van der Waals surface area contributed by atoms with Crippen LogP contribution in [0.4, 0.5) is 5.69 Å². The van der Waals surface area contributed by atoms with Crippen LogP contribution in [0.3, 0.4) is 0 Å². The van der Waals surface area contributed by atoms with Crippen LogP contribution in [0.15, 0.2) is 24.3 Å². The maximum absolute atomic E-state index is 11.2. The number of nitrogens with zero attached hydrogens (tertiary/aromatic N) is 1. The minimum atomic E-state index is -0.283. The highest BCUT2D eigenvalue weighted by Gasteiger charge is 2.14. The Balaban J connectivity index is 2.51. The molecule has 1 amide bonds. The molecule has 1 unspecified atom stereocenters. The van der Waals surface area contributed by atoms with Crippen molar-refractivity contribution in [3.05, 3.63) is 29.8 Å². The predicted octanol–water partition coefficient (Wildman–Crippen LogP) is 1.28. The fourth-order valence-corrected chi connectivity index (χ4v) is 1.84. The molecule has 4 nitrogen and oxygen atoms in total. The Morgan fingerprint density at radius 1 is 1.39 bits per heavy atom. The second-order valence-corrected chi connectivity index (χ2v) is 4.56. The number of aryl methyl sites for hydroxylation is 1. The molecular formula is C14H23N3O. The molecule has 0 aliphatic heterocycles. The van der Waals surface area contributed by atoms with E-state index in [1.165, 1.54) is 5.56 Å². The Labute approximate surface area is 109 Å². The zero-order valence-corrected chi connectivity index (χ0v) is 11.4. The number of primary amides is 1. The van der Waals surface area contributed by atoms with E-state index in [0.29, 0.717) is 6.42 Å². The summed E-state index contributed by atoms with van der Waals surface area (Å²) in [7, 11) is 2.02. The molecule has 0 heterocycles. The third kappa shape index (κ3) is 4.37. The van der Waals surface area contributed by atoms with Gasteiger partial charge >= 0.3 is 0 Å². The van der Waals surface area contributed by atoms with E-state index in [1.807, 2.05) is 14.0 Å². The highest BCUT2D eigenvalue weighted by molar-refractivity contribution is 5.79. The average Bonchev–Trinajstić information content (AvgIpc) is 2.34. The third-order valence-corrected chi connectivity index (χ3v) is 3.02. The molecule has 1 aromatic rings. The van der Waals surface area contributed by atoms with E-state index < -0.39 is 0 Å². The molecule has 0 spiro atoms. The van der Waals surface area contributed by atoms with Crippen molar-refractivity contribution >= 4 is 11.6 Å². The molecule has 0 saturated carbocycles. The van der Waals surface area contributed by atoms with Crippen molar-refractivity contribution in [1.82, 2.24) is 5.32 Å². The number of benzene rings is 1. The van der Waals surface area contributed by atoms with Crippen LogP contribution in [0.1, 0.15) is 18.9 Å². The van der Waals surface area contributed by atoms with Gasteiger partial charge in [-0.3, -0.25) is 4.79 Å². The molecule has 3 N–H and O–H groups in total. The van der Waals surface area contributed by atoms with Crippen LogP contribution in [0.5, 0.6) is 0 Å². The van der Waals surface area contributed by atoms with Gasteiger partial charge in [0.05, 0.1) is 6.04 Å². The topological polar surface area (TPSA) is 58.4 Å². The van der Waals surface area contributed by atoms with Crippen LogP contribution in [-0.4, -0.2) is 32.1 Å². The number of carbonyl (C=O) groups is 1. The summed E-state index contributed by atoms with van der Waals surface area (Å²) in [6, 6.07) is 8.09. The quantitative estimate of drug-likeness (QED) is 0.765. The zero-order valence-electron chi connectivity index (χ0n) is 11.4. The van der Waals surface area contributed by atoms with E-state index >= 15 is 0 Å². The Morgan fingerprint density at radius 2 is 2.00 bits per heavy atom. The van der Waals surface area contributed by atoms with E-state index in [2.05, 4.69) is 41.4 Å². The summed E-state index contributed by atoms with van der Waals surface area (Å²) in [5.74, 6) is -0.283. The Kier molecular flexibility index (Phi) is 5.65. The standard InChI is InChI=1S/C14H23N3O/c1-4-16-13(14(15)18)9-10-17(3)12-7-5-11(2)6-8-12/h5-8,13,16H,4,9-10H2,1-3H3,(H2,15,18). The minimum absolute atomic E-state index is 0.247. The van der Waals surface area contributed by atoms with Gasteiger partial charge in [-0.25, -0.2) is 0 Å². The van der Waals surface area contributed by atoms with Crippen LogP contribution in [0.2, 0.25) is 0 Å². The van der Waals surface area contributed by atoms with Gasteiger partial charge in [0.15, 0.2) is 0 Å². The molecule has 0 bridgehead atoms. The summed E-state index contributed by atoms with van der Waals surface area (Å²) in [4.78, 5) is 13.4. The predicted molar refractivity (Wildman–Crippen MR) is 75.7 cm³/mol. The largest absolute Gasteiger partial charge is 0.375 e. The number of rotatable bonds is 7. The molecule has 1 atom stereocenters. The van der Waals surface area contributed by atoms with Crippen LogP contribution >= 0.6 is 0 Å². The lowest BCUT2D eigenvalue weighted by molar-refractivity contribution is -0.120. The number of hydrogen-bond donors (Lipinski definition) is 2. The number of hydrogen-bond acceptors (Lipinski definition) is 3. The van der Waals surface area contributed by atoms with E-state index in [0.717, 1.165) is 18.8 Å². The van der Waals surface area contributed by atoms with Crippen molar-refractivity contribution in [3.8, 4) is 0 Å². The summed E-state index contributed by atoms with van der Waals surface area (Å²) >= 11 is 0. The van der Waals surface area contributed by atoms with Gasteiger partial charge < -0.3 is 16.0 Å². The van der Waals surface area contributed by atoms with Crippen molar-refractivity contribution < 1.29 is 4.79 Å². The maximum Gasteiger partial charge on any atom is 0.234 e. The summed E-state index contributed by atoms with van der Waals surface area (Å²) in [6.07, 6.45) is 0.716. The molecule has 100 valence electrons. The van der Waals surface area contributed by atoms with Gasteiger partial charge in [-0.05, 0) is 32.0 Å². The summed E-state index contributed by atoms with van der Waals surface area (Å²) < 4.78 is 0. The van der Waals surface area contributed by atoms with Gasteiger partial charge in [0.2, 0.25) is 5.91 Å². The molecule has 0 saturated heterocycles. The molecule has 18 heavy (non-hydrogen) atoms. The first kappa shape index (κ1) is 14.5. The van der Waals surface area contributed by atoms with E-state index in [9.17, 15) is 4.79 Å². The number of amides is 1. The molecule has 4 heteroatoms. The molecular weight excluding hydrogens is 226 g/mol. The molecule has 0 aromatic heterocycles. The second kappa shape index (κ2) is 7.01. The first-order valence-corrected chi connectivity index (χ1v) is 6.35. The highest BCUT2D eigenvalue weighted by Crippen LogP contribution is 2.13. The fourth-order valence-electron chi connectivity index (χ4n) is 1.84. The Morgan fingerprint density at radius 3 is 2.50 bits per heavy atom. The van der Waals surface area contributed by atoms with E-state index in [-0.39, 0.29) is 11.9 Å². The van der Waals surface area contributed by atoms with Crippen LogP contribution in [0.25, 0.3) is 0 Å². The van der Waals surface area contributed by atoms with Crippen molar-refractivity contribution in [2.45, 2.75) is 26.3 Å². The summed E-state index contributed by atoms with van der Waals surface area (Å²) in [5, 5.41) is 3.10. The first-order valence-electron chi connectivity index (χ1n) is 6.35. The van der Waals surface area contributed by atoms with Crippen molar-refractivity contribution in [2.24, 2.45) is 5.73 Å². The number of nitrogens with two attached hydrogens (primary N) is 1. The molecule has 0 aliphatic rings. The molecule has 1 rings (SSSR count). The van der Waals surface area contributed by atoms with Crippen LogP contribution in [0, 0.1) is 6.92 Å². The van der Waals surface area contributed by atoms with Crippen LogP contribution in [-0.2, 0) is 4.79 Å². The molecule has 1 aromatic carbocycles. The van der Waals surface area contributed by atoms with E-state index in [1.54, 1.807) is 0 Å². The average molecular weight is 249 g/mol. The summed E-state index contributed by atoms with van der Waals surface area (Å²) in [6.45, 7) is 5.59. The monoisotopic (exact) mass is 249 g/mol. The molecule has 0 fully saturated rings. The normalized spacial score (nSPS) is 12.2. The number of anilines is 1. The number of likely N-dealkylation sites (N-methyl/N-ethyl adjacent to an activating group) is 1. The lowest BCUT2D eigenvalue weighted by Crippen LogP contribution is -2.43. The van der Waals surface area contributed by atoms with E-state index in [4.69, 9.17) is 5.73 Å². The highest BCUT2D eigenvalue weighted by atomic mass is 16.1. The van der Waals surface area contributed by atoms with Gasteiger partial charge in [0.1, 0.15) is 0 Å². The third-order valence-electron chi connectivity index (χ3n) is 3.02. The Bertz CT molecular complexity index is 375. The zero-order chi connectivity index (χ0) is 13.5. The number of carbonyl (C=O) groups excluding carboxylic acids is 1. The van der Waals surface area contributed by atoms with Gasteiger partial charge in [-0.1, -0.05) is 24.6 Å². The molecule has 0 aliphatic carbocycles. The fraction of sp³-hybridized carbons (Fsp3) is 0.500. The van der Waals surface area contributed by atoms with Gasteiger partial charge in [-0.2, -0.15) is 0 Å². The van der Waals surface area contributed by atoms with Crippen molar-refractivity contribution in [2.75, 3.05) is 25.0 Å². The number of nitrogens with one attached hydrogen (secondary N) is 1. The van der Waals surface area contributed by atoms with Gasteiger partial charge in [-0.15, -0.1) is 0 Å². The van der Waals surface area contributed by atoms with Crippen molar-refractivity contribution in [3.63, 3.8) is 0 Å². The minimum Gasteiger partial charge on any atom is -0.375 e. The first-order chi connectivity index (χ1) is 8.54. The van der Waals surface area contributed by atoms with Crippen LogP contribution < -0.4 is 16.0 Å².